The van der Waals surface area contributed by atoms with Crippen LogP contribution in [-0.2, 0) is 4.79 Å². The monoisotopic (exact) mass is 238 g/mol. The van der Waals surface area contributed by atoms with Crippen LogP contribution in [0.1, 0.15) is 59.8 Å². The predicted octanol–water partition coefficient (Wildman–Crippen LogP) is 3.95. The Hall–Kier alpha value is -0.530. The summed E-state index contributed by atoms with van der Waals surface area (Å²) < 4.78 is 0. The molecule has 0 aromatic carbocycles. The average Bonchev–Trinajstić information content (AvgIpc) is 2.14. The molecule has 0 spiro atoms. The summed E-state index contributed by atoms with van der Waals surface area (Å²) in [6, 6.07) is 0. The zero-order chi connectivity index (χ0) is 12.8. The van der Waals surface area contributed by atoms with E-state index in [9.17, 15) is 9.90 Å². The van der Waals surface area contributed by atoms with Gasteiger partial charge in [0.2, 0.25) is 0 Å². The van der Waals surface area contributed by atoms with Crippen LogP contribution in [0.25, 0.3) is 0 Å². The van der Waals surface area contributed by atoms with Crippen LogP contribution in [0.4, 0.5) is 0 Å². The molecule has 2 fully saturated rings. The minimum atomic E-state index is -0.567. The van der Waals surface area contributed by atoms with Gasteiger partial charge in [0.1, 0.15) is 0 Å². The van der Waals surface area contributed by atoms with Gasteiger partial charge in [-0.2, -0.15) is 0 Å². The van der Waals surface area contributed by atoms with Gasteiger partial charge in [-0.15, -0.1) is 0 Å². The molecule has 17 heavy (non-hydrogen) atoms. The Balaban J connectivity index is 2.38. The maximum Gasteiger partial charge on any atom is 0.307 e. The van der Waals surface area contributed by atoms with Gasteiger partial charge in [-0.05, 0) is 48.3 Å². The topological polar surface area (TPSA) is 37.3 Å². The van der Waals surface area contributed by atoms with Gasteiger partial charge in [0.15, 0.2) is 0 Å². The van der Waals surface area contributed by atoms with Crippen molar-refractivity contribution in [2.24, 2.45) is 28.6 Å². The van der Waals surface area contributed by atoms with Gasteiger partial charge < -0.3 is 5.11 Å². The zero-order valence-electron chi connectivity index (χ0n) is 11.6. The molecule has 2 heteroatoms. The summed E-state index contributed by atoms with van der Waals surface area (Å²) in [6.45, 7) is 9.04. The van der Waals surface area contributed by atoms with Crippen molar-refractivity contribution in [1.29, 1.82) is 0 Å². The summed E-state index contributed by atoms with van der Waals surface area (Å²) in [5.74, 6) is 0.215. The largest absolute Gasteiger partial charge is 0.481 e. The minimum Gasteiger partial charge on any atom is -0.481 e. The van der Waals surface area contributed by atoms with Crippen LogP contribution in [0.3, 0.4) is 0 Å². The molecule has 0 aromatic heterocycles. The van der Waals surface area contributed by atoms with E-state index in [4.69, 9.17) is 0 Å². The molecule has 1 N–H and O–H groups in total. The summed E-state index contributed by atoms with van der Waals surface area (Å²) in [6.07, 6.45) is 5.85. The van der Waals surface area contributed by atoms with Gasteiger partial charge in [-0.3, -0.25) is 4.79 Å². The molecular weight excluding hydrogens is 212 g/mol. The first kappa shape index (κ1) is 12.9. The summed E-state index contributed by atoms with van der Waals surface area (Å²) in [5, 5.41) is 9.58. The molecule has 0 bridgehead atoms. The van der Waals surface area contributed by atoms with E-state index >= 15 is 0 Å². The first-order valence-corrected chi connectivity index (χ1v) is 7.02. The zero-order valence-corrected chi connectivity index (χ0v) is 11.6. The van der Waals surface area contributed by atoms with Gasteiger partial charge >= 0.3 is 5.97 Å². The van der Waals surface area contributed by atoms with Crippen molar-refractivity contribution in [3.63, 3.8) is 0 Å². The lowest BCUT2D eigenvalue weighted by molar-refractivity contribution is -0.163. The molecule has 2 saturated carbocycles. The van der Waals surface area contributed by atoms with Crippen LogP contribution in [0, 0.1) is 28.6 Å². The van der Waals surface area contributed by atoms with E-state index in [0.717, 1.165) is 12.8 Å². The van der Waals surface area contributed by atoms with Gasteiger partial charge in [0.05, 0.1) is 5.92 Å². The van der Waals surface area contributed by atoms with Crippen molar-refractivity contribution in [3.8, 4) is 0 Å². The quantitative estimate of drug-likeness (QED) is 0.751. The summed E-state index contributed by atoms with van der Waals surface area (Å²) in [7, 11) is 0. The fraction of sp³-hybridized carbons (Fsp3) is 0.933. The second kappa shape index (κ2) is 4.00. The van der Waals surface area contributed by atoms with E-state index in [2.05, 4.69) is 27.7 Å². The predicted molar refractivity (Wildman–Crippen MR) is 68.8 cm³/mol. The van der Waals surface area contributed by atoms with Gasteiger partial charge in [-0.25, -0.2) is 0 Å². The molecule has 98 valence electrons. The lowest BCUT2D eigenvalue weighted by Gasteiger charge is -2.57. The number of aliphatic carboxylic acids is 1. The van der Waals surface area contributed by atoms with Crippen LogP contribution >= 0.6 is 0 Å². The van der Waals surface area contributed by atoms with E-state index in [-0.39, 0.29) is 11.3 Å². The van der Waals surface area contributed by atoms with Gasteiger partial charge in [0, 0.05) is 0 Å². The third-order valence-electron chi connectivity index (χ3n) is 5.73. The van der Waals surface area contributed by atoms with E-state index < -0.39 is 5.97 Å². The lowest BCUT2D eigenvalue weighted by atomic mass is 9.46. The molecule has 2 nitrogen and oxygen atoms in total. The highest BCUT2D eigenvalue weighted by Gasteiger charge is 2.56. The average molecular weight is 238 g/mol. The molecule has 2 rings (SSSR count). The Bertz CT molecular complexity index is 321. The number of carboxylic acids is 1. The molecule has 0 aromatic rings. The molecule has 2 aliphatic carbocycles. The molecule has 0 aliphatic heterocycles. The molecule has 0 heterocycles. The summed E-state index contributed by atoms with van der Waals surface area (Å²) in [5.41, 5.74) is 0.339. The number of hydrogen-bond donors (Lipinski definition) is 1. The minimum absolute atomic E-state index is 0.0191. The van der Waals surface area contributed by atoms with Crippen LogP contribution in [0.15, 0.2) is 0 Å². The lowest BCUT2D eigenvalue weighted by Crippen LogP contribution is -2.53. The second-order valence-electron chi connectivity index (χ2n) is 7.27. The van der Waals surface area contributed by atoms with Crippen molar-refractivity contribution >= 4 is 5.97 Å². The number of fused-ring (bicyclic) bond motifs is 1. The SMILES string of the molecule is C[C@H]1CC[C@H]2C(C)(C)CCC[C@]2(C)[C@H]1C(=O)O. The smallest absolute Gasteiger partial charge is 0.307 e. The fourth-order valence-corrected chi connectivity index (χ4v) is 5.03. The molecule has 0 amide bonds. The summed E-state index contributed by atoms with van der Waals surface area (Å²) in [4.78, 5) is 11.6. The third-order valence-corrected chi connectivity index (χ3v) is 5.73. The van der Waals surface area contributed by atoms with Crippen LogP contribution in [0.5, 0.6) is 0 Å². The Kier molecular flexibility index (Phi) is 3.04. The van der Waals surface area contributed by atoms with Gasteiger partial charge in [0.25, 0.3) is 0 Å². The first-order chi connectivity index (χ1) is 7.79. The van der Waals surface area contributed by atoms with E-state index in [1.165, 1.54) is 19.3 Å². The van der Waals surface area contributed by atoms with Crippen LogP contribution in [0.2, 0.25) is 0 Å². The van der Waals surface area contributed by atoms with E-state index in [0.29, 0.717) is 17.3 Å². The van der Waals surface area contributed by atoms with E-state index in [1.54, 1.807) is 0 Å². The molecular formula is C15H26O2. The third kappa shape index (κ3) is 1.90. The number of hydrogen-bond acceptors (Lipinski definition) is 1. The molecule has 0 unspecified atom stereocenters. The fourth-order valence-electron chi connectivity index (χ4n) is 5.03. The van der Waals surface area contributed by atoms with Gasteiger partial charge in [-0.1, -0.05) is 34.1 Å². The molecule has 0 radical (unpaired) electrons. The van der Waals surface area contributed by atoms with E-state index in [1.807, 2.05) is 0 Å². The highest BCUT2D eigenvalue weighted by molar-refractivity contribution is 5.71. The second-order valence-corrected chi connectivity index (χ2v) is 7.27. The Morgan fingerprint density at radius 3 is 2.41 bits per heavy atom. The van der Waals surface area contributed by atoms with Crippen molar-refractivity contribution in [3.05, 3.63) is 0 Å². The van der Waals surface area contributed by atoms with Crippen molar-refractivity contribution < 1.29 is 9.90 Å². The van der Waals surface area contributed by atoms with Crippen molar-refractivity contribution in [1.82, 2.24) is 0 Å². The van der Waals surface area contributed by atoms with Crippen LogP contribution in [-0.4, -0.2) is 11.1 Å². The Morgan fingerprint density at radius 2 is 1.82 bits per heavy atom. The Labute approximate surface area is 105 Å². The van der Waals surface area contributed by atoms with Crippen LogP contribution < -0.4 is 0 Å². The van der Waals surface area contributed by atoms with Crippen molar-refractivity contribution in [2.75, 3.05) is 0 Å². The maximum absolute atomic E-state index is 11.6. The van der Waals surface area contributed by atoms with Crippen molar-refractivity contribution in [2.45, 2.75) is 59.8 Å². The normalized spacial score (nSPS) is 45.1. The Morgan fingerprint density at radius 1 is 1.18 bits per heavy atom. The number of carboxylic acid groups (broad SMARTS) is 1. The number of rotatable bonds is 1. The summed E-state index contributed by atoms with van der Waals surface area (Å²) >= 11 is 0. The molecule has 2 aliphatic rings. The molecule has 4 atom stereocenters. The highest BCUT2D eigenvalue weighted by atomic mass is 16.4. The maximum atomic E-state index is 11.6. The number of carbonyl (C=O) groups is 1. The molecule has 0 saturated heterocycles. The first-order valence-electron chi connectivity index (χ1n) is 7.02. The standard InChI is InChI=1S/C15H26O2/c1-10-6-7-11-14(2,3)8-5-9-15(11,4)12(10)13(16)17/h10-12H,5-9H2,1-4H3,(H,16,17)/t10-,11-,12+,15-/m0/s1. The highest BCUT2D eigenvalue weighted by Crippen LogP contribution is 2.61.